The Morgan fingerprint density at radius 2 is 1.81 bits per heavy atom. The van der Waals surface area contributed by atoms with Crippen LogP contribution in [-0.2, 0) is 0 Å². The Hall–Kier alpha value is -2.07. The number of rotatable bonds is 5. The maximum Gasteiger partial charge on any atom is 0.167 e. The van der Waals surface area contributed by atoms with E-state index in [0.29, 0.717) is 18.2 Å². The molecule has 6 nitrogen and oxygen atoms in total. The van der Waals surface area contributed by atoms with Crippen molar-refractivity contribution in [3.05, 3.63) is 28.6 Å². The second kappa shape index (κ2) is 6.14. The van der Waals surface area contributed by atoms with Gasteiger partial charge in [-0.05, 0) is 52.3 Å². The van der Waals surface area contributed by atoms with Crippen molar-refractivity contribution in [1.29, 1.82) is 0 Å². The Balaban J connectivity index is 2.37. The van der Waals surface area contributed by atoms with Crippen molar-refractivity contribution in [2.45, 2.75) is 52.9 Å². The van der Waals surface area contributed by atoms with Crippen molar-refractivity contribution in [1.82, 2.24) is 0 Å². The molecule has 21 heavy (non-hydrogen) atoms. The first kappa shape index (κ1) is 15.3. The summed E-state index contributed by atoms with van der Waals surface area (Å²) in [6, 6.07) is 6.87. The molecule has 1 heterocycles. The van der Waals surface area contributed by atoms with Crippen molar-refractivity contribution in [2.24, 2.45) is 5.11 Å². The topological polar surface area (TPSA) is 64.5 Å². The Morgan fingerprint density at radius 1 is 1.19 bits per heavy atom. The van der Waals surface area contributed by atoms with E-state index in [4.69, 9.17) is 10.3 Å². The first-order chi connectivity index (χ1) is 9.97. The highest BCUT2D eigenvalue weighted by Crippen LogP contribution is 2.43. The maximum absolute atomic E-state index is 8.31. The van der Waals surface area contributed by atoms with Crippen molar-refractivity contribution in [2.75, 3.05) is 16.5 Å². The Labute approximate surface area is 125 Å². The molecule has 6 heteroatoms. The van der Waals surface area contributed by atoms with Gasteiger partial charge in [0.25, 0.3) is 0 Å². The first-order valence-electron chi connectivity index (χ1n) is 7.31. The molecule has 114 valence electrons. The molecule has 0 spiro atoms. The highest BCUT2D eigenvalue weighted by atomic mass is 16.5. The fourth-order valence-electron chi connectivity index (χ4n) is 3.10. The van der Waals surface area contributed by atoms with Gasteiger partial charge in [0.05, 0.1) is 17.5 Å². The zero-order valence-corrected chi connectivity index (χ0v) is 13.3. The van der Waals surface area contributed by atoms with Gasteiger partial charge in [0.15, 0.2) is 6.73 Å². The Morgan fingerprint density at radius 3 is 2.38 bits per heavy atom. The van der Waals surface area contributed by atoms with Crippen LogP contribution < -0.4 is 14.5 Å². The summed E-state index contributed by atoms with van der Waals surface area (Å²) in [4.78, 5) is 7.49. The van der Waals surface area contributed by atoms with Gasteiger partial charge in [-0.1, -0.05) is 5.11 Å². The number of ether oxygens (including phenoxy) is 1. The zero-order chi connectivity index (χ0) is 15.6. The molecular formula is C15H23N5O. The first-order valence-corrected chi connectivity index (χ1v) is 7.31. The van der Waals surface area contributed by atoms with E-state index in [1.165, 1.54) is 11.4 Å². The molecule has 0 aromatic heterocycles. The summed E-state index contributed by atoms with van der Waals surface area (Å²) in [6.45, 7) is 11.0. The molecule has 1 aliphatic rings. The van der Waals surface area contributed by atoms with Crippen LogP contribution in [0.1, 0.15) is 34.6 Å². The van der Waals surface area contributed by atoms with E-state index in [2.05, 4.69) is 60.5 Å². The number of benzene rings is 1. The van der Waals surface area contributed by atoms with Gasteiger partial charge in [0, 0.05) is 23.1 Å². The molecule has 0 N–H and O–H groups in total. The van der Waals surface area contributed by atoms with E-state index in [9.17, 15) is 0 Å². The van der Waals surface area contributed by atoms with E-state index >= 15 is 0 Å². The molecular weight excluding hydrogens is 266 g/mol. The van der Waals surface area contributed by atoms with E-state index in [-0.39, 0.29) is 6.73 Å². The molecule has 0 saturated carbocycles. The van der Waals surface area contributed by atoms with Gasteiger partial charge in [-0.15, -0.1) is 0 Å². The van der Waals surface area contributed by atoms with Gasteiger partial charge in [-0.3, -0.25) is 0 Å². The highest BCUT2D eigenvalue weighted by molar-refractivity contribution is 5.79. The third-order valence-corrected chi connectivity index (χ3v) is 3.77. The molecule has 0 fully saturated rings. The molecule has 0 amide bonds. The van der Waals surface area contributed by atoms with Crippen LogP contribution in [0.2, 0.25) is 0 Å². The summed E-state index contributed by atoms with van der Waals surface area (Å²) < 4.78 is 5.47. The van der Waals surface area contributed by atoms with Gasteiger partial charge in [-0.2, -0.15) is 0 Å². The molecule has 1 aliphatic heterocycles. The fourth-order valence-corrected chi connectivity index (χ4v) is 3.10. The van der Waals surface area contributed by atoms with Gasteiger partial charge in [0.2, 0.25) is 0 Å². The minimum absolute atomic E-state index is 0.0143. The van der Waals surface area contributed by atoms with Crippen LogP contribution >= 0.6 is 0 Å². The number of azide groups is 1. The third kappa shape index (κ3) is 2.85. The SMILES string of the molecule is CC(C)N1c2ccc(OCN=[N+]=[N-])cc2N(C(C)C)C1C. The molecule has 0 saturated heterocycles. The normalized spacial score (nSPS) is 17.2. The average Bonchev–Trinajstić information content (AvgIpc) is 2.70. The van der Waals surface area contributed by atoms with Crippen molar-refractivity contribution in [3.63, 3.8) is 0 Å². The van der Waals surface area contributed by atoms with E-state index in [1.807, 2.05) is 12.1 Å². The molecule has 0 bridgehead atoms. The largest absolute Gasteiger partial charge is 0.487 e. The molecule has 2 rings (SSSR count). The van der Waals surface area contributed by atoms with Crippen LogP contribution in [-0.4, -0.2) is 25.0 Å². The van der Waals surface area contributed by atoms with E-state index in [0.717, 1.165) is 5.75 Å². The lowest BCUT2D eigenvalue weighted by molar-refractivity contribution is 0.329. The van der Waals surface area contributed by atoms with Crippen LogP contribution in [0.15, 0.2) is 23.3 Å². The zero-order valence-electron chi connectivity index (χ0n) is 13.3. The predicted molar refractivity (Wildman–Crippen MR) is 85.8 cm³/mol. The maximum atomic E-state index is 8.31. The van der Waals surface area contributed by atoms with Gasteiger partial charge < -0.3 is 14.5 Å². The van der Waals surface area contributed by atoms with E-state index in [1.54, 1.807) is 0 Å². The quantitative estimate of drug-likeness (QED) is 0.465. The van der Waals surface area contributed by atoms with Crippen molar-refractivity contribution >= 4 is 11.4 Å². The van der Waals surface area contributed by atoms with Crippen LogP contribution in [0, 0.1) is 0 Å². The molecule has 1 aromatic rings. The number of hydrogen-bond donors (Lipinski definition) is 0. The third-order valence-electron chi connectivity index (χ3n) is 3.77. The Kier molecular flexibility index (Phi) is 4.48. The standard InChI is InChI=1S/C15H23N5O/c1-10(2)19-12(5)20(11(3)4)15-8-13(6-7-14(15)19)21-9-17-18-16/h6-8,10-12H,9H2,1-5H3. The minimum Gasteiger partial charge on any atom is -0.487 e. The minimum atomic E-state index is 0.0143. The van der Waals surface area contributed by atoms with Crippen molar-refractivity contribution < 1.29 is 4.74 Å². The lowest BCUT2D eigenvalue weighted by Crippen LogP contribution is -2.47. The number of fused-ring (bicyclic) bond motifs is 1. The van der Waals surface area contributed by atoms with Crippen LogP contribution in [0.25, 0.3) is 10.4 Å². The van der Waals surface area contributed by atoms with Crippen LogP contribution in [0.5, 0.6) is 5.75 Å². The molecule has 1 aromatic carbocycles. The van der Waals surface area contributed by atoms with Gasteiger partial charge in [0.1, 0.15) is 5.75 Å². The summed E-state index contributed by atoms with van der Waals surface area (Å²) >= 11 is 0. The van der Waals surface area contributed by atoms with Crippen LogP contribution in [0.3, 0.4) is 0 Å². The lowest BCUT2D eigenvalue weighted by atomic mass is 10.2. The summed E-state index contributed by atoms with van der Waals surface area (Å²) in [7, 11) is 0. The summed E-state index contributed by atoms with van der Waals surface area (Å²) in [6.07, 6.45) is 0.312. The molecule has 0 radical (unpaired) electrons. The van der Waals surface area contributed by atoms with Crippen LogP contribution in [0.4, 0.5) is 11.4 Å². The number of anilines is 2. The summed E-state index contributed by atoms with van der Waals surface area (Å²) in [5, 5.41) is 3.41. The summed E-state index contributed by atoms with van der Waals surface area (Å²) in [5.41, 5.74) is 10.7. The number of nitrogens with zero attached hydrogens (tertiary/aromatic N) is 5. The summed E-state index contributed by atoms with van der Waals surface area (Å²) in [5.74, 6) is 0.726. The number of hydrogen-bond acceptors (Lipinski definition) is 4. The second-order valence-corrected chi connectivity index (χ2v) is 5.79. The molecule has 1 atom stereocenters. The van der Waals surface area contributed by atoms with Gasteiger partial charge in [-0.25, -0.2) is 0 Å². The second-order valence-electron chi connectivity index (χ2n) is 5.79. The lowest BCUT2D eigenvalue weighted by Gasteiger charge is -2.35. The van der Waals surface area contributed by atoms with E-state index < -0.39 is 0 Å². The fraction of sp³-hybridized carbons (Fsp3) is 0.600. The Bertz CT molecular complexity index is 551. The van der Waals surface area contributed by atoms with Gasteiger partial charge >= 0.3 is 0 Å². The molecule has 1 unspecified atom stereocenters. The molecule has 0 aliphatic carbocycles. The monoisotopic (exact) mass is 289 g/mol. The highest BCUT2D eigenvalue weighted by Gasteiger charge is 2.35. The smallest absolute Gasteiger partial charge is 0.167 e. The average molecular weight is 289 g/mol. The predicted octanol–water partition coefficient (Wildman–Crippen LogP) is 4.12. The van der Waals surface area contributed by atoms with Crippen molar-refractivity contribution in [3.8, 4) is 5.75 Å².